The first kappa shape index (κ1) is 16.2. The zero-order chi connectivity index (χ0) is 16.9. The Hall–Kier alpha value is -2.69. The van der Waals surface area contributed by atoms with E-state index in [4.69, 9.17) is 14.2 Å². The minimum atomic E-state index is -0.192. The molecule has 5 heteroatoms. The summed E-state index contributed by atoms with van der Waals surface area (Å²) in [6.45, 7) is 0.887. The molecule has 1 amide bonds. The van der Waals surface area contributed by atoms with Gasteiger partial charge >= 0.3 is 0 Å². The maximum Gasteiger partial charge on any atom is 0.227 e. The van der Waals surface area contributed by atoms with Crippen LogP contribution < -0.4 is 19.5 Å². The van der Waals surface area contributed by atoms with Gasteiger partial charge in [-0.3, -0.25) is 4.79 Å². The van der Waals surface area contributed by atoms with Crippen LogP contribution in [0, 0.1) is 5.92 Å². The summed E-state index contributed by atoms with van der Waals surface area (Å²) in [7, 11) is 3.26. The molecule has 1 atom stereocenters. The normalized spacial score (nSPS) is 15.8. The van der Waals surface area contributed by atoms with Gasteiger partial charge in [0.15, 0.2) is 0 Å². The molecule has 5 nitrogen and oxygen atoms in total. The van der Waals surface area contributed by atoms with Gasteiger partial charge in [0, 0.05) is 6.54 Å². The lowest BCUT2D eigenvalue weighted by molar-refractivity contribution is -0.126. The van der Waals surface area contributed by atoms with Crippen LogP contribution in [-0.2, 0) is 17.8 Å². The number of hydrogen-bond donors (Lipinski definition) is 1. The highest BCUT2D eigenvalue weighted by Gasteiger charge is 2.26. The number of carbonyl (C=O) groups is 1. The monoisotopic (exact) mass is 327 g/mol. The Bertz CT molecular complexity index is 712. The average molecular weight is 327 g/mol. The molecule has 0 aliphatic carbocycles. The first-order valence-electron chi connectivity index (χ1n) is 7.90. The summed E-state index contributed by atoms with van der Waals surface area (Å²) < 4.78 is 16.1. The molecule has 0 spiro atoms. The molecule has 2 aromatic carbocycles. The predicted octanol–water partition coefficient (Wildman–Crippen LogP) is 2.57. The second-order valence-electron chi connectivity index (χ2n) is 5.75. The fourth-order valence-corrected chi connectivity index (χ4v) is 2.74. The van der Waals surface area contributed by atoms with Crippen LogP contribution in [0.15, 0.2) is 42.5 Å². The zero-order valence-electron chi connectivity index (χ0n) is 13.9. The van der Waals surface area contributed by atoms with E-state index in [9.17, 15) is 4.79 Å². The van der Waals surface area contributed by atoms with E-state index in [2.05, 4.69) is 5.32 Å². The summed E-state index contributed by atoms with van der Waals surface area (Å²) in [5.41, 5.74) is 2.04. The molecule has 0 saturated heterocycles. The highest BCUT2D eigenvalue weighted by Crippen LogP contribution is 2.30. The lowest BCUT2D eigenvalue weighted by Crippen LogP contribution is -2.37. The number of hydrogen-bond acceptors (Lipinski definition) is 4. The summed E-state index contributed by atoms with van der Waals surface area (Å²) in [6, 6.07) is 13.3. The smallest absolute Gasteiger partial charge is 0.227 e. The largest absolute Gasteiger partial charge is 0.497 e. The molecular formula is C19H21NO4. The first-order valence-corrected chi connectivity index (χ1v) is 7.90. The Kier molecular flexibility index (Phi) is 4.89. The van der Waals surface area contributed by atoms with Crippen LogP contribution in [-0.4, -0.2) is 26.7 Å². The van der Waals surface area contributed by atoms with E-state index >= 15 is 0 Å². The van der Waals surface area contributed by atoms with E-state index in [0.29, 0.717) is 19.6 Å². The van der Waals surface area contributed by atoms with Crippen LogP contribution in [0.5, 0.6) is 17.2 Å². The Morgan fingerprint density at radius 1 is 1.12 bits per heavy atom. The Morgan fingerprint density at radius 2 is 1.83 bits per heavy atom. The molecular weight excluding hydrogens is 306 g/mol. The fourth-order valence-electron chi connectivity index (χ4n) is 2.74. The summed E-state index contributed by atoms with van der Waals surface area (Å²) in [5, 5.41) is 2.97. The number of nitrogens with one attached hydrogen (secondary N) is 1. The number of ether oxygens (including phenoxy) is 3. The van der Waals surface area contributed by atoms with Crippen molar-refractivity contribution in [2.24, 2.45) is 5.92 Å². The molecule has 0 saturated carbocycles. The van der Waals surface area contributed by atoms with Crippen molar-refractivity contribution in [3.8, 4) is 17.2 Å². The van der Waals surface area contributed by atoms with Crippen molar-refractivity contribution in [1.29, 1.82) is 0 Å². The third-order valence-corrected chi connectivity index (χ3v) is 4.17. The number of amides is 1. The molecule has 2 aromatic rings. The molecule has 1 aliphatic heterocycles. The van der Waals surface area contributed by atoms with E-state index in [1.807, 2.05) is 42.5 Å². The molecule has 1 heterocycles. The van der Waals surface area contributed by atoms with Gasteiger partial charge in [-0.25, -0.2) is 0 Å². The minimum absolute atomic E-state index is 0.000659. The van der Waals surface area contributed by atoms with Gasteiger partial charge < -0.3 is 19.5 Å². The van der Waals surface area contributed by atoms with E-state index in [0.717, 1.165) is 28.4 Å². The number of fused-ring (bicyclic) bond motifs is 1. The number of benzene rings is 2. The van der Waals surface area contributed by atoms with Crippen LogP contribution in [0.2, 0.25) is 0 Å². The number of methoxy groups -OCH3 is 2. The Balaban J connectivity index is 1.59. The summed E-state index contributed by atoms with van der Waals surface area (Å²) in [6.07, 6.45) is 0.654. The lowest BCUT2D eigenvalue weighted by Gasteiger charge is -2.25. The van der Waals surface area contributed by atoms with Crippen molar-refractivity contribution in [3.63, 3.8) is 0 Å². The van der Waals surface area contributed by atoms with Crippen LogP contribution >= 0.6 is 0 Å². The molecule has 1 aliphatic rings. The zero-order valence-corrected chi connectivity index (χ0v) is 13.9. The molecule has 0 unspecified atom stereocenters. The molecule has 0 aromatic heterocycles. The van der Waals surface area contributed by atoms with E-state index in [1.54, 1.807) is 14.2 Å². The van der Waals surface area contributed by atoms with Gasteiger partial charge in [-0.05, 0) is 47.9 Å². The van der Waals surface area contributed by atoms with Crippen LogP contribution in [0.4, 0.5) is 0 Å². The van der Waals surface area contributed by atoms with Gasteiger partial charge in [0.05, 0.1) is 20.1 Å². The molecule has 24 heavy (non-hydrogen) atoms. The van der Waals surface area contributed by atoms with Crippen molar-refractivity contribution < 1.29 is 19.0 Å². The topological polar surface area (TPSA) is 56.8 Å². The van der Waals surface area contributed by atoms with E-state index in [1.165, 1.54) is 0 Å². The van der Waals surface area contributed by atoms with Crippen LogP contribution in [0.1, 0.15) is 11.1 Å². The van der Waals surface area contributed by atoms with Crippen LogP contribution in [0.3, 0.4) is 0 Å². The summed E-state index contributed by atoms with van der Waals surface area (Å²) in [5.74, 6) is 2.21. The van der Waals surface area contributed by atoms with Gasteiger partial charge in [-0.2, -0.15) is 0 Å². The lowest BCUT2D eigenvalue weighted by atomic mass is 9.95. The Morgan fingerprint density at radius 3 is 2.54 bits per heavy atom. The molecule has 126 valence electrons. The molecule has 0 radical (unpaired) electrons. The van der Waals surface area contributed by atoms with Crippen LogP contribution in [0.25, 0.3) is 0 Å². The third kappa shape index (κ3) is 3.62. The maximum atomic E-state index is 12.4. The second kappa shape index (κ2) is 7.25. The summed E-state index contributed by atoms with van der Waals surface area (Å²) in [4.78, 5) is 12.4. The van der Waals surface area contributed by atoms with Gasteiger partial charge in [-0.1, -0.05) is 12.1 Å². The average Bonchev–Trinajstić information content (AvgIpc) is 2.65. The van der Waals surface area contributed by atoms with Crippen molar-refractivity contribution in [3.05, 3.63) is 53.6 Å². The van der Waals surface area contributed by atoms with Gasteiger partial charge in [-0.15, -0.1) is 0 Å². The predicted molar refractivity (Wildman–Crippen MR) is 90.5 cm³/mol. The minimum Gasteiger partial charge on any atom is -0.497 e. The maximum absolute atomic E-state index is 12.4. The standard InChI is InChI=1S/C19H21NO4/c1-22-16-5-3-13(4-6-16)11-20-19(21)15-9-14-10-17(23-2)7-8-18(14)24-12-15/h3-8,10,15H,9,11-12H2,1-2H3,(H,20,21)/t15-/m1/s1. The van der Waals surface area contributed by atoms with Gasteiger partial charge in [0.1, 0.15) is 23.9 Å². The number of rotatable bonds is 5. The molecule has 3 rings (SSSR count). The quantitative estimate of drug-likeness (QED) is 0.917. The highest BCUT2D eigenvalue weighted by atomic mass is 16.5. The van der Waals surface area contributed by atoms with Crippen molar-refractivity contribution in [2.75, 3.05) is 20.8 Å². The van der Waals surface area contributed by atoms with E-state index < -0.39 is 0 Å². The van der Waals surface area contributed by atoms with Crippen molar-refractivity contribution >= 4 is 5.91 Å². The third-order valence-electron chi connectivity index (χ3n) is 4.17. The van der Waals surface area contributed by atoms with Crippen molar-refractivity contribution in [2.45, 2.75) is 13.0 Å². The molecule has 1 N–H and O–H groups in total. The van der Waals surface area contributed by atoms with Gasteiger partial charge in [0.25, 0.3) is 0 Å². The van der Waals surface area contributed by atoms with Crippen molar-refractivity contribution in [1.82, 2.24) is 5.32 Å². The summed E-state index contributed by atoms with van der Waals surface area (Å²) >= 11 is 0. The highest BCUT2D eigenvalue weighted by molar-refractivity contribution is 5.79. The second-order valence-corrected chi connectivity index (χ2v) is 5.75. The van der Waals surface area contributed by atoms with E-state index in [-0.39, 0.29) is 11.8 Å². The fraction of sp³-hybridized carbons (Fsp3) is 0.316. The first-order chi connectivity index (χ1) is 11.7. The SMILES string of the molecule is COc1ccc(CNC(=O)[C@H]2COc3ccc(OC)cc3C2)cc1. The number of carbonyl (C=O) groups excluding carboxylic acids is 1. The molecule has 0 bridgehead atoms. The van der Waals surface area contributed by atoms with Gasteiger partial charge in [0.2, 0.25) is 5.91 Å². The molecule has 0 fully saturated rings. The Labute approximate surface area is 141 Å².